The third kappa shape index (κ3) is 6.41. The summed E-state index contributed by atoms with van der Waals surface area (Å²) in [6.45, 7) is 27.7. The van der Waals surface area contributed by atoms with Crippen LogP contribution in [-0.2, 0) is 21.7 Å². The summed E-state index contributed by atoms with van der Waals surface area (Å²) in [5.74, 6) is 0.573. The van der Waals surface area contributed by atoms with Gasteiger partial charge in [-0.15, -0.1) is 0 Å². The molecule has 4 heteroatoms. The summed E-state index contributed by atoms with van der Waals surface area (Å²) in [7, 11) is 0. The largest absolute Gasteiger partial charge is 0.507 e. The van der Waals surface area contributed by atoms with Crippen molar-refractivity contribution >= 4 is 25.3 Å². The van der Waals surface area contributed by atoms with E-state index in [1.807, 2.05) is 0 Å². The van der Waals surface area contributed by atoms with Crippen LogP contribution in [0.1, 0.15) is 136 Å². The predicted molar refractivity (Wildman–Crippen MR) is 164 cm³/mol. The van der Waals surface area contributed by atoms with Crippen LogP contribution in [0.5, 0.6) is 11.5 Å². The third-order valence-electron chi connectivity index (χ3n) is 7.15. The zero-order chi connectivity index (χ0) is 28.2. The van der Waals surface area contributed by atoms with Gasteiger partial charge in [0.2, 0.25) is 0 Å². The van der Waals surface area contributed by atoms with Crippen LogP contribution in [0.2, 0.25) is 0 Å². The molecular weight excluding hydrogens is 480 g/mol. The zero-order valence-corrected chi connectivity index (χ0v) is 26.7. The Morgan fingerprint density at radius 2 is 0.778 bits per heavy atom. The van der Waals surface area contributed by atoms with Crippen LogP contribution in [0.25, 0.3) is 0 Å². The van der Waals surface area contributed by atoms with Gasteiger partial charge in [-0.25, -0.2) is 0 Å². The van der Waals surface area contributed by atoms with Crippen molar-refractivity contribution in [2.75, 3.05) is 0 Å². The molecular formula is C32H50O2S2. The molecule has 0 unspecified atom stereocenters. The van der Waals surface area contributed by atoms with Crippen LogP contribution in [0.4, 0.5) is 0 Å². The van der Waals surface area contributed by atoms with Gasteiger partial charge in [0.15, 0.2) is 0 Å². The minimum absolute atomic E-state index is 0.167. The predicted octanol–water partition coefficient (Wildman–Crippen LogP) is 9.39. The molecule has 0 amide bonds. The Morgan fingerprint density at radius 3 is 0.944 bits per heavy atom. The first-order valence-electron chi connectivity index (χ1n) is 13.1. The van der Waals surface area contributed by atoms with Gasteiger partial charge in [0, 0.05) is 5.92 Å². The number of thiol groups is 2. The van der Waals surface area contributed by atoms with Gasteiger partial charge in [0.1, 0.15) is 11.5 Å². The lowest BCUT2D eigenvalue weighted by molar-refractivity contribution is 0.421. The Balaban J connectivity index is 3.09. The van der Waals surface area contributed by atoms with Crippen LogP contribution in [-0.4, -0.2) is 14.3 Å². The molecule has 2 nitrogen and oxygen atoms in total. The van der Waals surface area contributed by atoms with Crippen LogP contribution < -0.4 is 0 Å². The van der Waals surface area contributed by atoms with Gasteiger partial charge in [0.25, 0.3) is 0 Å². The molecule has 0 heterocycles. The second-order valence-electron chi connectivity index (χ2n) is 14.6. The van der Waals surface area contributed by atoms with Crippen molar-refractivity contribution in [3.63, 3.8) is 0 Å². The van der Waals surface area contributed by atoms with Crippen molar-refractivity contribution in [3.05, 3.63) is 57.6 Å². The molecule has 2 aromatic carbocycles. The number of aromatic hydroxyl groups is 2. The van der Waals surface area contributed by atoms with Gasteiger partial charge in [-0.1, -0.05) is 114 Å². The van der Waals surface area contributed by atoms with Gasteiger partial charge in [0.05, 0.1) is 4.08 Å². The lowest BCUT2D eigenvalue weighted by Crippen LogP contribution is -2.28. The number of rotatable bonds is 4. The van der Waals surface area contributed by atoms with Crippen molar-refractivity contribution in [1.82, 2.24) is 0 Å². The highest BCUT2D eigenvalue weighted by Gasteiger charge is 2.38. The first kappa shape index (κ1) is 31.0. The van der Waals surface area contributed by atoms with E-state index in [9.17, 15) is 10.2 Å². The minimum Gasteiger partial charge on any atom is -0.507 e. The van der Waals surface area contributed by atoms with Crippen molar-refractivity contribution in [2.45, 2.75) is 128 Å². The Kier molecular flexibility index (Phi) is 8.43. The van der Waals surface area contributed by atoms with Crippen molar-refractivity contribution in [3.8, 4) is 11.5 Å². The highest BCUT2D eigenvalue weighted by Crippen LogP contribution is 2.51. The fourth-order valence-corrected chi connectivity index (χ4v) is 5.46. The summed E-state index contributed by atoms with van der Waals surface area (Å²) >= 11 is 10.2. The first-order chi connectivity index (χ1) is 15.9. The van der Waals surface area contributed by atoms with Crippen LogP contribution in [0.15, 0.2) is 24.3 Å². The molecule has 0 atom stereocenters. The molecule has 0 saturated carbocycles. The van der Waals surface area contributed by atoms with Gasteiger partial charge < -0.3 is 10.2 Å². The molecule has 0 aliphatic rings. The molecule has 0 radical (unpaired) electrons. The van der Waals surface area contributed by atoms with E-state index in [2.05, 4.69) is 114 Å². The number of phenolic OH excluding ortho intramolecular Hbond substituents is 2. The summed E-state index contributed by atoms with van der Waals surface area (Å²) in [6.07, 6.45) is 0.733. The second-order valence-corrected chi connectivity index (χ2v) is 16.5. The standard InChI is InChI=1S/C32H50O2S2/c1-14-32(35,36)25(19-15-21(28(2,3)4)26(33)22(16-19)29(5,6)7)20-17-23(30(8,9)10)27(34)24(18-20)31(11,12)13/h15-18,25,33-36H,14H2,1-13H3. The maximum absolute atomic E-state index is 11.4. The van der Waals surface area contributed by atoms with E-state index >= 15 is 0 Å². The lowest BCUT2D eigenvalue weighted by Gasteiger charge is -2.37. The monoisotopic (exact) mass is 530 g/mol. The number of hydrogen-bond acceptors (Lipinski definition) is 4. The Morgan fingerprint density at radius 1 is 0.556 bits per heavy atom. The molecule has 0 aromatic heterocycles. The van der Waals surface area contributed by atoms with Gasteiger partial charge in [-0.3, -0.25) is 0 Å². The summed E-state index contributed by atoms with van der Waals surface area (Å²) in [5.41, 5.74) is 4.90. The first-order valence-corrected chi connectivity index (χ1v) is 14.0. The smallest absolute Gasteiger partial charge is 0.123 e. The highest BCUT2D eigenvalue weighted by atomic mass is 32.2. The van der Waals surface area contributed by atoms with E-state index in [0.717, 1.165) is 39.8 Å². The molecule has 2 N–H and O–H groups in total. The topological polar surface area (TPSA) is 40.5 Å². The molecule has 0 spiro atoms. The fraction of sp³-hybridized carbons (Fsp3) is 0.625. The quantitative estimate of drug-likeness (QED) is 0.235. The fourth-order valence-electron chi connectivity index (χ4n) is 4.86. The lowest BCUT2D eigenvalue weighted by atomic mass is 9.73. The van der Waals surface area contributed by atoms with Crippen molar-refractivity contribution in [2.24, 2.45) is 0 Å². The Labute approximate surface area is 232 Å². The molecule has 0 bridgehead atoms. The van der Waals surface area contributed by atoms with Gasteiger partial charge in [-0.05, 0) is 61.5 Å². The van der Waals surface area contributed by atoms with E-state index in [1.165, 1.54) is 0 Å². The van der Waals surface area contributed by atoms with Gasteiger partial charge >= 0.3 is 0 Å². The molecule has 2 rings (SSSR count). The molecule has 2 aromatic rings. The normalized spacial score (nSPS) is 14.0. The number of phenols is 2. The Hall–Kier alpha value is -1.26. The van der Waals surface area contributed by atoms with Crippen molar-refractivity contribution in [1.29, 1.82) is 0 Å². The maximum atomic E-state index is 11.4. The zero-order valence-electron chi connectivity index (χ0n) is 24.9. The molecule has 36 heavy (non-hydrogen) atoms. The molecule has 0 saturated heterocycles. The van der Waals surface area contributed by atoms with Crippen LogP contribution in [0.3, 0.4) is 0 Å². The summed E-state index contributed by atoms with van der Waals surface area (Å²) in [4.78, 5) is 0. The SMILES string of the molecule is CCC(S)(S)C(c1cc(C(C)(C)C)c(O)c(C(C)(C)C)c1)c1cc(C(C)(C)C)c(O)c(C(C)(C)C)c1. The van der Waals surface area contributed by atoms with Crippen LogP contribution in [0, 0.1) is 0 Å². The molecule has 202 valence electrons. The highest BCUT2D eigenvalue weighted by molar-refractivity contribution is 8.00. The summed E-state index contributed by atoms with van der Waals surface area (Å²) in [6, 6.07) is 8.58. The third-order valence-corrected chi connectivity index (χ3v) is 8.29. The summed E-state index contributed by atoms with van der Waals surface area (Å²) in [5, 5.41) is 22.7. The van der Waals surface area contributed by atoms with E-state index in [1.54, 1.807) is 0 Å². The van der Waals surface area contributed by atoms with Gasteiger partial charge in [-0.2, -0.15) is 25.3 Å². The van der Waals surface area contributed by atoms with E-state index in [-0.39, 0.29) is 27.6 Å². The molecule has 0 aliphatic heterocycles. The van der Waals surface area contributed by atoms with Crippen molar-refractivity contribution < 1.29 is 10.2 Å². The average molecular weight is 531 g/mol. The Bertz CT molecular complexity index is 949. The molecule has 0 aliphatic carbocycles. The van der Waals surface area contributed by atoms with E-state index < -0.39 is 4.08 Å². The van der Waals surface area contributed by atoms with Crippen LogP contribution >= 0.6 is 25.3 Å². The maximum Gasteiger partial charge on any atom is 0.123 e. The average Bonchev–Trinajstić information content (AvgIpc) is 2.66. The molecule has 0 fully saturated rings. The summed E-state index contributed by atoms with van der Waals surface area (Å²) < 4.78 is -0.650. The minimum atomic E-state index is -0.650. The number of benzene rings is 2. The second kappa shape index (κ2) is 9.80. The van der Waals surface area contributed by atoms with E-state index in [0.29, 0.717) is 11.5 Å². The number of hydrogen-bond donors (Lipinski definition) is 4. The van der Waals surface area contributed by atoms with E-state index in [4.69, 9.17) is 25.3 Å².